The maximum Gasteiger partial charge on any atom is 0.255 e. The van der Waals surface area contributed by atoms with Crippen molar-refractivity contribution in [1.82, 2.24) is 19.5 Å². The first-order valence-electron chi connectivity index (χ1n) is 7.41. The van der Waals surface area contributed by atoms with Gasteiger partial charge in [0, 0.05) is 29.3 Å². The molecule has 126 valence electrons. The molecule has 7 nitrogen and oxygen atoms in total. The molecule has 8 heteroatoms. The lowest BCUT2D eigenvalue weighted by Crippen LogP contribution is -2.24. The molecule has 3 aromatic rings. The van der Waals surface area contributed by atoms with Gasteiger partial charge in [-0.05, 0) is 18.2 Å². The van der Waals surface area contributed by atoms with Gasteiger partial charge in [-0.3, -0.25) is 14.2 Å². The highest BCUT2D eigenvalue weighted by molar-refractivity contribution is 9.10. The van der Waals surface area contributed by atoms with E-state index in [0.717, 1.165) is 4.47 Å². The van der Waals surface area contributed by atoms with Crippen LogP contribution in [0.5, 0.6) is 0 Å². The van der Waals surface area contributed by atoms with Crippen LogP contribution in [-0.2, 0) is 7.05 Å². The summed E-state index contributed by atoms with van der Waals surface area (Å²) in [5.41, 5.74) is 1.29. The van der Waals surface area contributed by atoms with E-state index in [0.29, 0.717) is 22.9 Å². The number of carbonyl (C=O) groups excluding carboxylic acids is 1. The lowest BCUT2D eigenvalue weighted by molar-refractivity contribution is 0.101. The average molecular weight is 400 g/mol. The molecule has 2 aromatic heterocycles. The van der Waals surface area contributed by atoms with Crippen LogP contribution in [0, 0.1) is 0 Å². The van der Waals surface area contributed by atoms with Crippen molar-refractivity contribution in [1.29, 1.82) is 0 Å². The summed E-state index contributed by atoms with van der Waals surface area (Å²) in [5.74, 6) is 0.195. The summed E-state index contributed by atoms with van der Waals surface area (Å²) in [6.45, 7) is 0.0230. The molecular weight excluding hydrogens is 386 g/mol. The molecule has 0 unspecified atom stereocenters. The smallest absolute Gasteiger partial charge is 0.255 e. The van der Waals surface area contributed by atoms with Gasteiger partial charge in [-0.15, -0.1) is 0 Å². The monoisotopic (exact) mass is 399 g/mol. The molecule has 0 aliphatic carbocycles. The van der Waals surface area contributed by atoms with Crippen LogP contribution >= 0.6 is 15.9 Å². The van der Waals surface area contributed by atoms with Gasteiger partial charge in [0.1, 0.15) is 6.33 Å². The molecule has 0 fully saturated rings. The van der Waals surface area contributed by atoms with Crippen molar-refractivity contribution in [2.45, 2.75) is 0 Å². The van der Waals surface area contributed by atoms with Gasteiger partial charge in [-0.1, -0.05) is 28.1 Å². The summed E-state index contributed by atoms with van der Waals surface area (Å²) in [6.07, 6.45) is 2.96. The molecule has 0 amide bonds. The molecule has 2 heterocycles. The van der Waals surface area contributed by atoms with Crippen LogP contribution in [0.1, 0.15) is 10.4 Å². The third kappa shape index (κ3) is 3.97. The molecule has 1 aromatic carbocycles. The Morgan fingerprint density at radius 3 is 2.64 bits per heavy atom. The van der Waals surface area contributed by atoms with Crippen LogP contribution in [0.4, 0.5) is 5.95 Å². The molecule has 0 radical (unpaired) electrons. The number of ketones is 1. The van der Waals surface area contributed by atoms with Crippen LogP contribution < -0.4 is 10.9 Å². The second kappa shape index (κ2) is 7.35. The number of carbonyl (C=O) groups is 1. The highest BCUT2D eigenvalue weighted by Crippen LogP contribution is 2.14. The first-order valence-corrected chi connectivity index (χ1v) is 8.21. The molecule has 3 rings (SSSR count). The zero-order valence-corrected chi connectivity index (χ0v) is 14.9. The SMILES string of the molecule is Cn1c(NCC(=O)c2ccc(Br)cc2)nc(-c2ccncn2)cc1=O. The van der Waals surface area contributed by atoms with Crippen molar-refractivity contribution in [3.05, 3.63) is 69.3 Å². The lowest BCUT2D eigenvalue weighted by Gasteiger charge is -2.11. The van der Waals surface area contributed by atoms with Crippen LogP contribution in [0.15, 0.2) is 58.2 Å². The molecule has 25 heavy (non-hydrogen) atoms. The number of nitrogens with one attached hydrogen (secondary N) is 1. The Kier molecular flexibility index (Phi) is 4.99. The second-order valence-electron chi connectivity index (χ2n) is 5.24. The number of Topliss-reactive ketones (excluding diaryl/α,β-unsaturated/α-hetero) is 1. The number of anilines is 1. The highest BCUT2D eigenvalue weighted by Gasteiger charge is 2.11. The topological polar surface area (TPSA) is 89.8 Å². The summed E-state index contributed by atoms with van der Waals surface area (Å²) in [7, 11) is 1.59. The van der Waals surface area contributed by atoms with E-state index in [1.54, 1.807) is 43.6 Å². The van der Waals surface area contributed by atoms with Crippen LogP contribution in [0.25, 0.3) is 11.4 Å². The third-order valence-electron chi connectivity index (χ3n) is 3.55. The fourth-order valence-corrected chi connectivity index (χ4v) is 2.43. The normalized spacial score (nSPS) is 10.5. The fourth-order valence-electron chi connectivity index (χ4n) is 2.17. The molecule has 0 saturated carbocycles. The maximum absolute atomic E-state index is 12.3. The Hall–Kier alpha value is -2.87. The van der Waals surface area contributed by atoms with E-state index in [9.17, 15) is 9.59 Å². The predicted molar refractivity (Wildman–Crippen MR) is 97.5 cm³/mol. The van der Waals surface area contributed by atoms with Crippen molar-refractivity contribution < 1.29 is 4.79 Å². The number of rotatable bonds is 5. The number of hydrogen-bond acceptors (Lipinski definition) is 6. The summed E-state index contributed by atoms with van der Waals surface area (Å²) in [4.78, 5) is 36.7. The Morgan fingerprint density at radius 1 is 1.20 bits per heavy atom. The van der Waals surface area contributed by atoms with Crippen molar-refractivity contribution >= 4 is 27.7 Å². The number of hydrogen-bond donors (Lipinski definition) is 1. The van der Waals surface area contributed by atoms with E-state index in [-0.39, 0.29) is 17.9 Å². The minimum Gasteiger partial charge on any atom is -0.348 e. The van der Waals surface area contributed by atoms with E-state index in [4.69, 9.17) is 0 Å². The van der Waals surface area contributed by atoms with E-state index in [1.807, 2.05) is 0 Å². The first kappa shape index (κ1) is 17.0. The fraction of sp³-hybridized carbons (Fsp3) is 0.118. The zero-order chi connectivity index (χ0) is 17.8. The second-order valence-corrected chi connectivity index (χ2v) is 6.16. The quantitative estimate of drug-likeness (QED) is 0.661. The minimum atomic E-state index is -0.248. The Morgan fingerprint density at radius 2 is 1.96 bits per heavy atom. The molecule has 0 aliphatic heterocycles. The zero-order valence-electron chi connectivity index (χ0n) is 13.3. The molecule has 0 spiro atoms. The summed E-state index contributed by atoms with van der Waals surface area (Å²) in [5, 5.41) is 2.92. The predicted octanol–water partition coefficient (Wildman–Crippen LogP) is 2.29. The minimum absolute atomic E-state index is 0.0230. The van der Waals surface area contributed by atoms with Gasteiger partial charge in [-0.2, -0.15) is 0 Å². The van der Waals surface area contributed by atoms with Crippen molar-refractivity contribution in [3.63, 3.8) is 0 Å². The van der Waals surface area contributed by atoms with Gasteiger partial charge in [0.2, 0.25) is 5.95 Å². The van der Waals surface area contributed by atoms with Crippen LogP contribution in [-0.4, -0.2) is 31.8 Å². The Balaban J connectivity index is 1.82. The molecule has 0 bridgehead atoms. The largest absolute Gasteiger partial charge is 0.348 e. The molecule has 0 saturated heterocycles. The summed E-state index contributed by atoms with van der Waals surface area (Å²) >= 11 is 3.33. The van der Waals surface area contributed by atoms with Crippen molar-refractivity contribution in [2.75, 3.05) is 11.9 Å². The number of nitrogens with zero attached hydrogens (tertiary/aromatic N) is 4. The molecule has 0 atom stereocenters. The number of benzene rings is 1. The summed E-state index contributed by atoms with van der Waals surface area (Å²) in [6, 6.07) is 10.1. The van der Waals surface area contributed by atoms with Crippen LogP contribution in [0.3, 0.4) is 0 Å². The molecule has 0 aliphatic rings. The van der Waals surface area contributed by atoms with Crippen molar-refractivity contribution in [3.8, 4) is 11.4 Å². The van der Waals surface area contributed by atoms with Gasteiger partial charge >= 0.3 is 0 Å². The van der Waals surface area contributed by atoms with Gasteiger partial charge in [0.25, 0.3) is 5.56 Å². The standard InChI is InChI=1S/C17H14BrN5O2/c1-23-16(25)8-14(13-6-7-19-10-21-13)22-17(23)20-9-15(24)11-2-4-12(18)5-3-11/h2-8,10H,9H2,1H3,(H,20,22). The summed E-state index contributed by atoms with van der Waals surface area (Å²) < 4.78 is 2.25. The highest BCUT2D eigenvalue weighted by atomic mass is 79.9. The molecule has 1 N–H and O–H groups in total. The van der Waals surface area contributed by atoms with Crippen LogP contribution in [0.2, 0.25) is 0 Å². The van der Waals surface area contributed by atoms with E-state index >= 15 is 0 Å². The number of halogens is 1. The lowest BCUT2D eigenvalue weighted by atomic mass is 10.1. The van der Waals surface area contributed by atoms with E-state index < -0.39 is 0 Å². The van der Waals surface area contributed by atoms with Gasteiger partial charge in [-0.25, -0.2) is 15.0 Å². The van der Waals surface area contributed by atoms with E-state index in [1.165, 1.54) is 17.0 Å². The third-order valence-corrected chi connectivity index (χ3v) is 4.08. The average Bonchev–Trinajstić information content (AvgIpc) is 2.64. The van der Waals surface area contributed by atoms with Gasteiger partial charge < -0.3 is 5.32 Å². The molecular formula is C17H14BrN5O2. The first-order chi connectivity index (χ1) is 12.0. The van der Waals surface area contributed by atoms with E-state index in [2.05, 4.69) is 36.2 Å². The Bertz CT molecular complexity index is 955. The van der Waals surface area contributed by atoms with Gasteiger partial charge in [0.15, 0.2) is 5.78 Å². The maximum atomic E-state index is 12.3. The Labute approximate surface area is 151 Å². The van der Waals surface area contributed by atoms with Crippen molar-refractivity contribution in [2.24, 2.45) is 7.05 Å². The number of aromatic nitrogens is 4. The van der Waals surface area contributed by atoms with Gasteiger partial charge in [0.05, 0.1) is 17.9 Å².